The number of amides is 1. The topological polar surface area (TPSA) is 73.6 Å². The van der Waals surface area contributed by atoms with Crippen LogP contribution in [0.25, 0.3) is 22.6 Å². The number of ether oxygens (including phenoxy) is 2. The van der Waals surface area contributed by atoms with E-state index in [2.05, 4.69) is 16.4 Å². The first kappa shape index (κ1) is 19.5. The number of rotatable bonds is 5. The lowest BCUT2D eigenvalue weighted by atomic mass is 10.1. The third kappa shape index (κ3) is 3.72. The van der Waals surface area contributed by atoms with E-state index in [9.17, 15) is 4.79 Å². The summed E-state index contributed by atoms with van der Waals surface area (Å²) in [7, 11) is 3.08. The third-order valence-corrected chi connectivity index (χ3v) is 4.86. The lowest BCUT2D eigenvalue weighted by Gasteiger charge is -2.11. The van der Waals surface area contributed by atoms with E-state index in [-0.39, 0.29) is 5.91 Å². The SMILES string of the molecule is COc1ccc(C(=O)Nc2ccc(-c3nc4cc(C)cc(C)c4o3)cc2)c(OC)c1. The van der Waals surface area contributed by atoms with Gasteiger partial charge in [0.1, 0.15) is 17.0 Å². The highest BCUT2D eigenvalue weighted by molar-refractivity contribution is 6.06. The number of fused-ring (bicyclic) bond motifs is 1. The van der Waals surface area contributed by atoms with E-state index in [4.69, 9.17) is 13.9 Å². The van der Waals surface area contributed by atoms with Gasteiger partial charge >= 0.3 is 0 Å². The van der Waals surface area contributed by atoms with Crippen LogP contribution in [0.4, 0.5) is 5.69 Å². The van der Waals surface area contributed by atoms with Crippen molar-refractivity contribution < 1.29 is 18.7 Å². The Morgan fingerprint density at radius 2 is 1.73 bits per heavy atom. The molecule has 30 heavy (non-hydrogen) atoms. The number of nitrogens with one attached hydrogen (secondary N) is 1. The predicted octanol–water partition coefficient (Wildman–Crippen LogP) is 5.38. The van der Waals surface area contributed by atoms with Gasteiger partial charge in [0.25, 0.3) is 5.91 Å². The molecule has 1 aromatic heterocycles. The number of oxazole rings is 1. The maximum atomic E-state index is 12.7. The molecule has 0 spiro atoms. The molecule has 0 bridgehead atoms. The van der Waals surface area contributed by atoms with E-state index in [1.807, 2.05) is 44.2 Å². The number of aryl methyl sites for hydroxylation is 2. The van der Waals surface area contributed by atoms with Crippen molar-refractivity contribution in [2.45, 2.75) is 13.8 Å². The number of aromatic nitrogens is 1. The zero-order chi connectivity index (χ0) is 21.3. The average molecular weight is 402 g/mol. The molecule has 0 aliphatic heterocycles. The highest BCUT2D eigenvalue weighted by Gasteiger charge is 2.15. The molecule has 0 saturated carbocycles. The summed E-state index contributed by atoms with van der Waals surface area (Å²) in [6.07, 6.45) is 0. The van der Waals surface area contributed by atoms with Crippen molar-refractivity contribution in [2.75, 3.05) is 19.5 Å². The maximum absolute atomic E-state index is 12.7. The van der Waals surface area contributed by atoms with Gasteiger partial charge in [0.05, 0.1) is 19.8 Å². The minimum atomic E-state index is -0.268. The van der Waals surface area contributed by atoms with Crippen LogP contribution in [-0.4, -0.2) is 25.1 Å². The molecule has 0 saturated heterocycles. The Bertz CT molecular complexity index is 1230. The van der Waals surface area contributed by atoms with Gasteiger partial charge in [-0.15, -0.1) is 0 Å². The Hall–Kier alpha value is -3.80. The zero-order valence-corrected chi connectivity index (χ0v) is 17.3. The fraction of sp³-hybridized carbons (Fsp3) is 0.167. The summed E-state index contributed by atoms with van der Waals surface area (Å²) in [6, 6.07) is 16.5. The third-order valence-electron chi connectivity index (χ3n) is 4.86. The van der Waals surface area contributed by atoms with E-state index >= 15 is 0 Å². The van der Waals surface area contributed by atoms with E-state index in [0.717, 1.165) is 27.8 Å². The summed E-state index contributed by atoms with van der Waals surface area (Å²) >= 11 is 0. The molecule has 1 amide bonds. The van der Waals surface area contributed by atoms with Gasteiger partial charge in [0.2, 0.25) is 5.89 Å². The zero-order valence-electron chi connectivity index (χ0n) is 17.3. The molecule has 1 heterocycles. The Kier molecular flexibility index (Phi) is 5.14. The van der Waals surface area contributed by atoms with Crippen LogP contribution < -0.4 is 14.8 Å². The van der Waals surface area contributed by atoms with Crippen molar-refractivity contribution in [1.82, 2.24) is 4.98 Å². The molecule has 6 nitrogen and oxygen atoms in total. The molecule has 0 unspecified atom stereocenters. The van der Waals surface area contributed by atoms with Gasteiger partial charge in [-0.3, -0.25) is 4.79 Å². The molecule has 4 rings (SSSR count). The summed E-state index contributed by atoms with van der Waals surface area (Å²) in [4.78, 5) is 17.3. The molecular formula is C24H22N2O4. The number of anilines is 1. The van der Waals surface area contributed by atoms with E-state index in [1.165, 1.54) is 7.11 Å². The van der Waals surface area contributed by atoms with Crippen molar-refractivity contribution in [3.05, 3.63) is 71.3 Å². The normalized spacial score (nSPS) is 10.8. The first-order valence-corrected chi connectivity index (χ1v) is 9.50. The summed E-state index contributed by atoms with van der Waals surface area (Å²) in [5.41, 5.74) is 5.75. The van der Waals surface area contributed by atoms with E-state index in [0.29, 0.717) is 28.6 Å². The van der Waals surface area contributed by atoms with Crippen molar-refractivity contribution >= 4 is 22.7 Å². The number of hydrogen-bond acceptors (Lipinski definition) is 5. The summed E-state index contributed by atoms with van der Waals surface area (Å²) < 4.78 is 16.4. The summed E-state index contributed by atoms with van der Waals surface area (Å²) in [5.74, 6) is 1.35. The van der Waals surface area contributed by atoms with Gasteiger partial charge in [0, 0.05) is 17.3 Å². The van der Waals surface area contributed by atoms with Crippen molar-refractivity contribution in [3.63, 3.8) is 0 Å². The van der Waals surface area contributed by atoms with Crippen LogP contribution in [0.3, 0.4) is 0 Å². The number of benzene rings is 3. The van der Waals surface area contributed by atoms with E-state index in [1.54, 1.807) is 25.3 Å². The average Bonchev–Trinajstić information content (AvgIpc) is 3.18. The molecule has 3 aromatic carbocycles. The second-order valence-corrected chi connectivity index (χ2v) is 7.05. The van der Waals surface area contributed by atoms with E-state index < -0.39 is 0 Å². The number of carbonyl (C=O) groups excluding carboxylic acids is 1. The first-order chi connectivity index (χ1) is 14.5. The molecule has 0 radical (unpaired) electrons. The van der Waals surface area contributed by atoms with Crippen LogP contribution in [0.5, 0.6) is 11.5 Å². The van der Waals surface area contributed by atoms with Crippen molar-refractivity contribution in [3.8, 4) is 23.0 Å². The van der Waals surface area contributed by atoms with Crippen LogP contribution in [0.15, 0.2) is 59.0 Å². The molecule has 0 aliphatic rings. The van der Waals surface area contributed by atoms with Crippen LogP contribution in [0, 0.1) is 13.8 Å². The molecule has 0 aliphatic carbocycles. The maximum Gasteiger partial charge on any atom is 0.259 e. The lowest BCUT2D eigenvalue weighted by Crippen LogP contribution is -2.13. The fourth-order valence-corrected chi connectivity index (χ4v) is 3.38. The molecule has 152 valence electrons. The molecule has 6 heteroatoms. The molecule has 0 fully saturated rings. The highest BCUT2D eigenvalue weighted by Crippen LogP contribution is 2.29. The van der Waals surface area contributed by atoms with Crippen LogP contribution in [0.1, 0.15) is 21.5 Å². The Balaban J connectivity index is 1.56. The standard InChI is InChI=1S/C24H22N2O4/c1-14-11-15(2)22-20(12-14)26-24(30-22)16-5-7-17(8-6-16)25-23(27)19-10-9-18(28-3)13-21(19)29-4/h5-13H,1-4H3,(H,25,27). The van der Waals surface area contributed by atoms with Gasteiger partial charge in [-0.1, -0.05) is 6.07 Å². The lowest BCUT2D eigenvalue weighted by molar-refractivity contribution is 0.102. The Morgan fingerprint density at radius 1 is 0.967 bits per heavy atom. The van der Waals surface area contributed by atoms with Crippen molar-refractivity contribution in [1.29, 1.82) is 0 Å². The molecule has 4 aromatic rings. The number of hydrogen-bond donors (Lipinski definition) is 1. The number of nitrogens with zero attached hydrogens (tertiary/aromatic N) is 1. The Morgan fingerprint density at radius 3 is 2.43 bits per heavy atom. The second-order valence-electron chi connectivity index (χ2n) is 7.05. The summed E-state index contributed by atoms with van der Waals surface area (Å²) in [6.45, 7) is 4.05. The second kappa shape index (κ2) is 7.91. The van der Waals surface area contributed by atoms with Crippen molar-refractivity contribution in [2.24, 2.45) is 0 Å². The van der Waals surface area contributed by atoms with Gasteiger partial charge in [-0.2, -0.15) is 0 Å². The number of carbonyl (C=O) groups is 1. The minimum absolute atomic E-state index is 0.268. The molecule has 1 N–H and O–H groups in total. The predicted molar refractivity (Wildman–Crippen MR) is 116 cm³/mol. The molecule has 0 atom stereocenters. The van der Waals surface area contributed by atoms with Crippen LogP contribution >= 0.6 is 0 Å². The van der Waals surface area contributed by atoms with Crippen LogP contribution in [-0.2, 0) is 0 Å². The fourth-order valence-electron chi connectivity index (χ4n) is 3.38. The quantitative estimate of drug-likeness (QED) is 0.485. The summed E-state index contributed by atoms with van der Waals surface area (Å²) in [5, 5.41) is 2.88. The monoisotopic (exact) mass is 402 g/mol. The largest absolute Gasteiger partial charge is 0.497 e. The smallest absolute Gasteiger partial charge is 0.259 e. The minimum Gasteiger partial charge on any atom is -0.497 e. The van der Waals surface area contributed by atoms with Gasteiger partial charge in [0.15, 0.2) is 5.58 Å². The van der Waals surface area contributed by atoms with Gasteiger partial charge in [-0.05, 0) is 67.4 Å². The van der Waals surface area contributed by atoms with Crippen LogP contribution in [0.2, 0.25) is 0 Å². The number of methoxy groups -OCH3 is 2. The molecular weight excluding hydrogens is 380 g/mol. The highest BCUT2D eigenvalue weighted by atomic mass is 16.5. The van der Waals surface area contributed by atoms with Gasteiger partial charge in [-0.25, -0.2) is 4.98 Å². The first-order valence-electron chi connectivity index (χ1n) is 9.50. The van der Waals surface area contributed by atoms with Gasteiger partial charge < -0.3 is 19.2 Å². The Labute approximate surface area is 174 Å².